The highest BCUT2D eigenvalue weighted by Gasteiger charge is 2.46. The second-order valence-corrected chi connectivity index (χ2v) is 14.1. The van der Waals surface area contributed by atoms with Gasteiger partial charge in [0.15, 0.2) is 12.4 Å². The fourth-order valence-electron chi connectivity index (χ4n) is 5.75. The molecule has 4 N–H and O–H groups in total. The van der Waals surface area contributed by atoms with E-state index in [0.717, 1.165) is 54.8 Å². The van der Waals surface area contributed by atoms with Gasteiger partial charge in [0.1, 0.15) is 18.2 Å². The van der Waals surface area contributed by atoms with Crippen LogP contribution in [0, 0.1) is 0 Å². The van der Waals surface area contributed by atoms with Crippen LogP contribution in [0.25, 0.3) is 65.7 Å². The molecular weight excluding hydrogens is 778 g/mol. The van der Waals surface area contributed by atoms with E-state index in [2.05, 4.69) is 38.0 Å². The van der Waals surface area contributed by atoms with Gasteiger partial charge in [0, 0.05) is 66.3 Å². The van der Waals surface area contributed by atoms with Crippen molar-refractivity contribution in [3.8, 4) is 22.3 Å². The van der Waals surface area contributed by atoms with Crippen LogP contribution in [0.4, 0.5) is 24.5 Å². The number of anilines is 2. The van der Waals surface area contributed by atoms with E-state index in [4.69, 9.17) is 8.83 Å². The van der Waals surface area contributed by atoms with E-state index >= 15 is 0 Å². The standard InChI is InChI=1S/C20H16N2O2.C19H14N2O2.C2H3F3O3S.CH4.H2O/c1-21-17-4-3-14-9-16-11-18(13-5-7-22(2)8-6-13)20(23)24-19(16)12-15(14)10-17;1-20-16-3-2-13-8-15-10-17(12-4-6-21-7-5-12)19(22)23-18(15)11-14(13)9-16;1-8-9(6,7)2(3,4)5;;/h3-12H,1-2H3;2-11,20H,1H3;1H3;1H4;1H2/p+1. The van der Waals surface area contributed by atoms with Gasteiger partial charge in [-0.25, -0.2) is 14.2 Å². The van der Waals surface area contributed by atoms with Crippen LogP contribution in [0.1, 0.15) is 7.43 Å². The number of pyridine rings is 2. The predicted octanol–water partition coefficient (Wildman–Crippen LogP) is 7.82. The van der Waals surface area contributed by atoms with E-state index in [0.29, 0.717) is 29.4 Å². The minimum absolute atomic E-state index is 0. The van der Waals surface area contributed by atoms with Crippen LogP contribution in [0.3, 0.4) is 0 Å². The van der Waals surface area contributed by atoms with Gasteiger partial charge in [0.05, 0.1) is 18.2 Å². The smallest absolute Gasteiger partial charge is 0.422 e. The van der Waals surface area contributed by atoms with Crippen molar-refractivity contribution < 1.29 is 44.6 Å². The highest BCUT2D eigenvalue weighted by atomic mass is 32.2. The predicted molar refractivity (Wildman–Crippen MR) is 221 cm³/mol. The summed E-state index contributed by atoms with van der Waals surface area (Å²) in [6.07, 6.45) is 7.16. The summed E-state index contributed by atoms with van der Waals surface area (Å²) in [5.74, 6) is 0. The quantitative estimate of drug-likeness (QED) is 0.0573. The van der Waals surface area contributed by atoms with Gasteiger partial charge in [-0.3, -0.25) is 9.17 Å². The van der Waals surface area contributed by atoms with E-state index in [1.807, 2.05) is 105 Å². The van der Waals surface area contributed by atoms with Gasteiger partial charge in [-0.2, -0.15) is 21.6 Å². The minimum atomic E-state index is -5.34. The Kier molecular flexibility index (Phi) is 13.8. The summed E-state index contributed by atoms with van der Waals surface area (Å²) in [5.41, 5.74) is 0.0661. The summed E-state index contributed by atoms with van der Waals surface area (Å²) in [6.45, 7) is 0. The topological polar surface area (TPSA) is 176 Å². The normalized spacial score (nSPS) is 11.1. The number of benzene rings is 4. The summed E-state index contributed by atoms with van der Waals surface area (Å²) >= 11 is 0. The number of alkyl halides is 3. The lowest BCUT2D eigenvalue weighted by Crippen LogP contribution is -2.25. The molecule has 12 nitrogen and oxygen atoms in total. The SMILES string of the molecule is C.CNc1ccc2cc3cc(-c4cc[n+](C)cc4)c(=O)oc3cc2c1.CNc1ccc2cc3cc(-c4ccncc4)c(=O)oc3cc2c1.COS(=O)(=O)C(F)(F)F.O. The van der Waals surface area contributed by atoms with Gasteiger partial charge >= 0.3 is 26.9 Å². The van der Waals surface area contributed by atoms with Crippen molar-refractivity contribution in [3.05, 3.63) is 143 Å². The molecule has 0 amide bonds. The fraction of sp³-hybridized carbons (Fsp3) is 0.143. The van der Waals surface area contributed by atoms with Crippen molar-refractivity contribution in [3.63, 3.8) is 0 Å². The summed E-state index contributed by atoms with van der Waals surface area (Å²) in [4.78, 5) is 28.7. The fourth-order valence-corrected chi connectivity index (χ4v) is 5.94. The Balaban J connectivity index is 0.000000207. The minimum Gasteiger partial charge on any atom is -0.422 e. The monoisotopic (exact) mass is 817 g/mol. The molecule has 4 heterocycles. The van der Waals surface area contributed by atoms with Crippen molar-refractivity contribution in [2.45, 2.75) is 12.9 Å². The number of hydrogen-bond donors (Lipinski definition) is 2. The molecule has 0 atom stereocenters. The van der Waals surface area contributed by atoms with Crippen molar-refractivity contribution in [1.29, 1.82) is 0 Å². The first-order chi connectivity index (χ1) is 26.7. The molecule has 58 heavy (non-hydrogen) atoms. The molecule has 4 aromatic carbocycles. The van der Waals surface area contributed by atoms with Gasteiger partial charge in [0.25, 0.3) is 0 Å². The molecule has 0 aliphatic carbocycles. The van der Waals surface area contributed by atoms with Gasteiger partial charge in [-0.1, -0.05) is 19.6 Å². The van der Waals surface area contributed by atoms with Gasteiger partial charge in [-0.15, -0.1) is 0 Å². The lowest BCUT2D eigenvalue weighted by Gasteiger charge is -2.06. The molecule has 0 fully saturated rings. The van der Waals surface area contributed by atoms with Gasteiger partial charge in [-0.05, 0) is 99.9 Å². The van der Waals surface area contributed by atoms with Crippen molar-refractivity contribution in [2.75, 3.05) is 31.8 Å². The zero-order valence-electron chi connectivity index (χ0n) is 30.8. The van der Waals surface area contributed by atoms with Crippen molar-refractivity contribution in [1.82, 2.24) is 4.98 Å². The Morgan fingerprint density at radius 2 is 1.07 bits per heavy atom. The number of aromatic nitrogens is 2. The van der Waals surface area contributed by atoms with E-state index in [-0.39, 0.29) is 24.2 Å². The maximum absolute atomic E-state index is 12.4. The molecule has 0 aliphatic rings. The molecule has 4 aromatic heterocycles. The van der Waals surface area contributed by atoms with Crippen LogP contribution >= 0.6 is 0 Å². The van der Waals surface area contributed by atoms with Crippen LogP contribution in [-0.4, -0.2) is 45.6 Å². The average molecular weight is 818 g/mol. The largest absolute Gasteiger partial charge is 0.523 e. The van der Waals surface area contributed by atoms with Gasteiger partial charge < -0.3 is 24.9 Å². The lowest BCUT2D eigenvalue weighted by atomic mass is 10.0. The van der Waals surface area contributed by atoms with Crippen LogP contribution in [-0.2, 0) is 21.3 Å². The molecule has 0 saturated heterocycles. The summed E-state index contributed by atoms with van der Waals surface area (Å²) in [5, 5.41) is 12.3. The molecule has 0 bridgehead atoms. The lowest BCUT2D eigenvalue weighted by molar-refractivity contribution is -0.671. The van der Waals surface area contributed by atoms with Crippen molar-refractivity contribution >= 4 is 65.0 Å². The van der Waals surface area contributed by atoms with Gasteiger partial charge in [0.2, 0.25) is 0 Å². The molecular formula is C42H40F3N4O8S+. The van der Waals surface area contributed by atoms with Crippen LogP contribution in [0.5, 0.6) is 0 Å². The molecule has 0 spiro atoms. The third kappa shape index (κ3) is 9.66. The number of hydrogen-bond acceptors (Lipinski definition) is 10. The zero-order chi connectivity index (χ0) is 40.2. The van der Waals surface area contributed by atoms with E-state index in [9.17, 15) is 31.2 Å². The van der Waals surface area contributed by atoms with Crippen molar-refractivity contribution in [2.24, 2.45) is 7.05 Å². The van der Waals surface area contributed by atoms with Crippen LogP contribution < -0.4 is 26.5 Å². The number of nitrogens with one attached hydrogen (secondary N) is 2. The Morgan fingerprint density at radius 1 is 0.638 bits per heavy atom. The molecule has 0 saturated carbocycles. The van der Waals surface area contributed by atoms with E-state index in [1.165, 1.54) is 0 Å². The zero-order valence-corrected chi connectivity index (χ0v) is 31.7. The van der Waals surface area contributed by atoms with Crippen LogP contribution in [0.15, 0.2) is 140 Å². The molecule has 8 aromatic rings. The Labute approximate surface area is 330 Å². The number of aryl methyl sites for hydroxylation is 1. The maximum atomic E-state index is 12.4. The number of rotatable bonds is 5. The number of fused-ring (bicyclic) bond motifs is 4. The first-order valence-electron chi connectivity index (χ1n) is 16.8. The molecule has 302 valence electrons. The molecule has 8 rings (SSSR count). The first-order valence-corrected chi connectivity index (χ1v) is 18.2. The first kappa shape index (κ1) is 44.1. The molecule has 0 aliphatic heterocycles. The van der Waals surface area contributed by atoms with E-state index in [1.54, 1.807) is 24.5 Å². The Hall–Kier alpha value is -6.62. The molecule has 0 unspecified atom stereocenters. The Morgan fingerprint density at radius 3 is 1.45 bits per heavy atom. The highest BCUT2D eigenvalue weighted by molar-refractivity contribution is 7.87. The second-order valence-electron chi connectivity index (χ2n) is 12.4. The second kappa shape index (κ2) is 18.1. The average Bonchev–Trinajstić information content (AvgIpc) is 3.19. The summed E-state index contributed by atoms with van der Waals surface area (Å²) in [6, 6.07) is 31.4. The van der Waals surface area contributed by atoms with Crippen LogP contribution in [0.2, 0.25) is 0 Å². The summed E-state index contributed by atoms with van der Waals surface area (Å²) in [7, 11) is 0.816. The Bertz CT molecular complexity index is 2940. The highest BCUT2D eigenvalue weighted by Crippen LogP contribution is 2.29. The summed E-state index contributed by atoms with van der Waals surface area (Å²) < 4.78 is 68.9. The van der Waals surface area contributed by atoms with E-state index < -0.39 is 15.6 Å². The maximum Gasteiger partial charge on any atom is 0.523 e. The third-order valence-electron chi connectivity index (χ3n) is 8.74. The third-order valence-corrected chi connectivity index (χ3v) is 9.75. The molecule has 0 radical (unpaired) electrons. The molecule has 16 heteroatoms. The number of nitrogens with zero attached hydrogens (tertiary/aromatic N) is 2. The number of halogens is 3.